The molecule has 0 saturated carbocycles. The third-order valence-corrected chi connectivity index (χ3v) is 4.68. The molecular formula is C19H21NO6. The zero-order valence-corrected chi connectivity index (χ0v) is 14.8. The third kappa shape index (κ3) is 3.29. The van der Waals surface area contributed by atoms with Crippen molar-refractivity contribution >= 4 is 23.9 Å². The fourth-order valence-corrected chi connectivity index (χ4v) is 3.25. The highest BCUT2D eigenvalue weighted by Gasteiger charge is 2.50. The number of piperidine rings is 1. The molecule has 1 amide bonds. The maximum atomic E-state index is 12.9. The fraction of sp³-hybridized carbons (Fsp3) is 0.421. The SMILES string of the molecule is CCOC(=O)N1CCC2(CC1)Oc1ccc(/C=C/C(=O)OC)cc1C2=O. The Morgan fingerprint density at radius 1 is 1.31 bits per heavy atom. The molecule has 1 aromatic carbocycles. The second-order valence-electron chi connectivity index (χ2n) is 6.22. The maximum Gasteiger partial charge on any atom is 0.409 e. The van der Waals surface area contributed by atoms with Gasteiger partial charge in [0.2, 0.25) is 5.78 Å². The molecule has 3 rings (SSSR count). The van der Waals surface area contributed by atoms with E-state index in [0.29, 0.717) is 49.4 Å². The first-order valence-corrected chi connectivity index (χ1v) is 8.54. The first-order valence-electron chi connectivity index (χ1n) is 8.54. The highest BCUT2D eigenvalue weighted by molar-refractivity contribution is 6.08. The number of benzene rings is 1. The van der Waals surface area contributed by atoms with Gasteiger partial charge in [-0.1, -0.05) is 6.07 Å². The summed E-state index contributed by atoms with van der Waals surface area (Å²) in [5.74, 6) is -0.00462. The number of methoxy groups -OCH3 is 1. The average molecular weight is 359 g/mol. The molecule has 0 bridgehead atoms. The monoisotopic (exact) mass is 359 g/mol. The lowest BCUT2D eigenvalue weighted by molar-refractivity contribution is -0.134. The average Bonchev–Trinajstić information content (AvgIpc) is 2.92. The number of fused-ring (bicyclic) bond motifs is 1. The molecule has 0 radical (unpaired) electrons. The number of Topliss-reactive ketones (excluding diaryl/α,β-unsaturated/α-hetero) is 1. The molecule has 0 aliphatic carbocycles. The lowest BCUT2D eigenvalue weighted by Gasteiger charge is -2.36. The van der Waals surface area contributed by atoms with Crippen LogP contribution in [0.2, 0.25) is 0 Å². The van der Waals surface area contributed by atoms with E-state index in [2.05, 4.69) is 4.74 Å². The predicted molar refractivity (Wildman–Crippen MR) is 93.0 cm³/mol. The zero-order valence-electron chi connectivity index (χ0n) is 14.8. The summed E-state index contributed by atoms with van der Waals surface area (Å²) in [6.45, 7) is 2.90. The van der Waals surface area contributed by atoms with Gasteiger partial charge in [0, 0.05) is 32.0 Å². The van der Waals surface area contributed by atoms with Crippen molar-refractivity contribution in [3.05, 3.63) is 35.4 Å². The van der Waals surface area contributed by atoms with Crippen LogP contribution >= 0.6 is 0 Å². The molecule has 1 aromatic rings. The Morgan fingerprint density at radius 3 is 2.69 bits per heavy atom. The van der Waals surface area contributed by atoms with Gasteiger partial charge in [-0.25, -0.2) is 9.59 Å². The second kappa shape index (κ2) is 7.19. The molecule has 2 aliphatic heterocycles. The van der Waals surface area contributed by atoms with Gasteiger partial charge in [-0.2, -0.15) is 0 Å². The van der Waals surface area contributed by atoms with Crippen LogP contribution in [0.4, 0.5) is 4.79 Å². The number of rotatable bonds is 3. The number of hydrogen-bond donors (Lipinski definition) is 0. The Balaban J connectivity index is 1.73. The highest BCUT2D eigenvalue weighted by Crippen LogP contribution is 2.41. The van der Waals surface area contributed by atoms with E-state index in [-0.39, 0.29) is 11.9 Å². The van der Waals surface area contributed by atoms with E-state index in [9.17, 15) is 14.4 Å². The summed E-state index contributed by atoms with van der Waals surface area (Å²) in [5.41, 5.74) is 0.296. The summed E-state index contributed by atoms with van der Waals surface area (Å²) >= 11 is 0. The molecule has 26 heavy (non-hydrogen) atoms. The normalized spacial score (nSPS) is 17.9. The largest absolute Gasteiger partial charge is 0.478 e. The molecule has 1 spiro atoms. The van der Waals surface area contributed by atoms with Gasteiger partial charge < -0.3 is 19.1 Å². The quantitative estimate of drug-likeness (QED) is 0.609. The van der Waals surface area contributed by atoms with E-state index in [0.717, 1.165) is 0 Å². The molecule has 138 valence electrons. The number of amides is 1. The van der Waals surface area contributed by atoms with Gasteiger partial charge in [-0.15, -0.1) is 0 Å². The minimum Gasteiger partial charge on any atom is -0.478 e. The van der Waals surface area contributed by atoms with E-state index in [1.807, 2.05) is 0 Å². The first kappa shape index (κ1) is 18.0. The lowest BCUT2D eigenvalue weighted by atomic mass is 9.85. The van der Waals surface area contributed by atoms with Gasteiger partial charge >= 0.3 is 12.1 Å². The van der Waals surface area contributed by atoms with Crippen molar-refractivity contribution in [3.8, 4) is 5.75 Å². The summed E-state index contributed by atoms with van der Waals surface area (Å²) in [7, 11) is 1.30. The van der Waals surface area contributed by atoms with Crippen LogP contribution in [0.3, 0.4) is 0 Å². The highest BCUT2D eigenvalue weighted by atomic mass is 16.6. The molecule has 7 heteroatoms. The van der Waals surface area contributed by atoms with Crippen LogP contribution in [-0.4, -0.2) is 55.2 Å². The zero-order chi connectivity index (χ0) is 18.7. The van der Waals surface area contributed by atoms with Crippen molar-refractivity contribution in [1.29, 1.82) is 0 Å². The molecule has 1 fully saturated rings. The minimum absolute atomic E-state index is 0.0793. The number of ketones is 1. The smallest absolute Gasteiger partial charge is 0.409 e. The molecule has 2 aliphatic rings. The lowest BCUT2D eigenvalue weighted by Crippen LogP contribution is -2.52. The van der Waals surface area contributed by atoms with E-state index in [1.165, 1.54) is 13.2 Å². The maximum absolute atomic E-state index is 12.9. The minimum atomic E-state index is -0.921. The van der Waals surface area contributed by atoms with Crippen LogP contribution in [0.1, 0.15) is 35.7 Å². The van der Waals surface area contributed by atoms with Crippen molar-refractivity contribution < 1.29 is 28.6 Å². The van der Waals surface area contributed by atoms with Crippen molar-refractivity contribution in [2.75, 3.05) is 26.8 Å². The van der Waals surface area contributed by atoms with Gasteiger partial charge in [-0.3, -0.25) is 4.79 Å². The first-order chi connectivity index (χ1) is 12.5. The summed E-state index contributed by atoms with van der Waals surface area (Å²) in [6.07, 6.45) is 3.38. The Morgan fingerprint density at radius 2 is 2.04 bits per heavy atom. The van der Waals surface area contributed by atoms with Crippen LogP contribution in [-0.2, 0) is 14.3 Å². The Bertz CT molecular complexity index is 761. The molecule has 2 heterocycles. The topological polar surface area (TPSA) is 82.1 Å². The number of ether oxygens (including phenoxy) is 3. The molecular weight excluding hydrogens is 338 g/mol. The van der Waals surface area contributed by atoms with Crippen LogP contribution in [0.15, 0.2) is 24.3 Å². The summed E-state index contributed by atoms with van der Waals surface area (Å²) in [4.78, 5) is 37.6. The molecule has 0 unspecified atom stereocenters. The molecule has 0 aromatic heterocycles. The van der Waals surface area contributed by atoms with Crippen LogP contribution in [0, 0.1) is 0 Å². The summed E-state index contributed by atoms with van der Waals surface area (Å²) in [5, 5.41) is 0. The number of carbonyl (C=O) groups excluding carboxylic acids is 3. The molecule has 1 saturated heterocycles. The van der Waals surface area contributed by atoms with Crippen molar-refractivity contribution in [3.63, 3.8) is 0 Å². The van der Waals surface area contributed by atoms with Crippen molar-refractivity contribution in [2.24, 2.45) is 0 Å². The Labute approximate surface area is 151 Å². The van der Waals surface area contributed by atoms with Gasteiger partial charge in [0.05, 0.1) is 19.3 Å². The third-order valence-electron chi connectivity index (χ3n) is 4.68. The summed E-state index contributed by atoms with van der Waals surface area (Å²) in [6, 6.07) is 5.22. The number of likely N-dealkylation sites (tertiary alicyclic amines) is 1. The number of esters is 1. The van der Waals surface area contributed by atoms with Gasteiger partial charge in [0.15, 0.2) is 5.60 Å². The number of carbonyl (C=O) groups is 3. The van der Waals surface area contributed by atoms with Crippen LogP contribution in [0.25, 0.3) is 6.08 Å². The van der Waals surface area contributed by atoms with Gasteiger partial charge in [0.25, 0.3) is 0 Å². The summed E-state index contributed by atoms with van der Waals surface area (Å²) < 4.78 is 15.6. The van der Waals surface area contributed by atoms with Gasteiger partial charge in [-0.05, 0) is 30.7 Å². The fourth-order valence-electron chi connectivity index (χ4n) is 3.25. The Hall–Kier alpha value is -2.83. The van der Waals surface area contributed by atoms with E-state index in [1.54, 1.807) is 36.1 Å². The number of nitrogens with zero attached hydrogens (tertiary/aromatic N) is 1. The predicted octanol–water partition coefficient (Wildman–Crippen LogP) is 2.44. The molecule has 7 nitrogen and oxygen atoms in total. The van der Waals surface area contributed by atoms with Crippen molar-refractivity contribution in [1.82, 2.24) is 4.90 Å². The second-order valence-corrected chi connectivity index (χ2v) is 6.22. The van der Waals surface area contributed by atoms with Gasteiger partial charge in [0.1, 0.15) is 5.75 Å². The standard InChI is InChI=1S/C19H21NO6/c1-3-25-18(23)20-10-8-19(9-11-20)17(22)14-12-13(4-6-15(14)26-19)5-7-16(21)24-2/h4-7,12H,3,8-11H2,1-2H3/b7-5+. The van der Waals surface area contributed by atoms with E-state index in [4.69, 9.17) is 9.47 Å². The molecule has 0 N–H and O–H groups in total. The van der Waals surface area contributed by atoms with Crippen LogP contribution in [0.5, 0.6) is 5.75 Å². The van der Waals surface area contributed by atoms with Crippen molar-refractivity contribution in [2.45, 2.75) is 25.4 Å². The Kier molecular flexibility index (Phi) is 4.97. The molecule has 0 atom stereocenters. The van der Waals surface area contributed by atoms with E-state index >= 15 is 0 Å². The van der Waals surface area contributed by atoms with E-state index < -0.39 is 11.6 Å². The van der Waals surface area contributed by atoms with Crippen LogP contribution < -0.4 is 4.74 Å². The number of hydrogen-bond acceptors (Lipinski definition) is 6.